The van der Waals surface area contributed by atoms with Gasteiger partial charge in [0.05, 0.1) is 11.8 Å². The molecule has 0 radical (unpaired) electrons. The molecule has 0 aliphatic heterocycles. The molecule has 1 aliphatic carbocycles. The number of nitrogens with zero attached hydrogens (tertiary/aromatic N) is 5. The zero-order valence-electron chi connectivity index (χ0n) is 16.5. The van der Waals surface area contributed by atoms with Gasteiger partial charge in [0.15, 0.2) is 17.2 Å². The number of hydrogen-bond acceptors (Lipinski definition) is 7. The predicted molar refractivity (Wildman–Crippen MR) is 105 cm³/mol. The number of nitrogen functional groups attached to an aromatic ring is 2. The third-order valence-electron chi connectivity index (χ3n) is 5.40. The van der Waals surface area contributed by atoms with E-state index in [2.05, 4.69) is 20.5 Å². The molecule has 3 aromatic rings. The third-order valence-corrected chi connectivity index (χ3v) is 5.40. The Morgan fingerprint density at radius 2 is 1.90 bits per heavy atom. The summed E-state index contributed by atoms with van der Waals surface area (Å²) in [4.78, 5) is 17.0. The van der Waals surface area contributed by atoms with Crippen molar-refractivity contribution in [2.45, 2.75) is 43.9 Å². The van der Waals surface area contributed by atoms with E-state index in [1.54, 1.807) is 6.20 Å². The lowest BCUT2D eigenvalue weighted by atomic mass is 9.82. The van der Waals surface area contributed by atoms with E-state index < -0.39 is 29.6 Å². The summed E-state index contributed by atoms with van der Waals surface area (Å²) in [6, 6.07) is 0. The Hall–Kier alpha value is -3.35. The Labute approximate surface area is 174 Å². The molecule has 3 heterocycles. The molecule has 2 unspecified atom stereocenters. The summed E-state index contributed by atoms with van der Waals surface area (Å²) >= 11 is 0. The van der Waals surface area contributed by atoms with Crippen molar-refractivity contribution in [3.8, 4) is 0 Å². The fourth-order valence-corrected chi connectivity index (χ4v) is 3.97. The molecule has 0 spiro atoms. The first-order chi connectivity index (χ1) is 14.6. The van der Waals surface area contributed by atoms with E-state index >= 15 is 0 Å². The lowest BCUT2D eigenvalue weighted by Crippen LogP contribution is -2.24. The van der Waals surface area contributed by atoms with Gasteiger partial charge in [-0.1, -0.05) is 12.8 Å². The lowest BCUT2D eigenvalue weighted by molar-refractivity contribution is -0.140. The van der Waals surface area contributed by atoms with Crippen molar-refractivity contribution in [3.05, 3.63) is 29.2 Å². The fraction of sp³-hybridized carbons (Fsp3) is 0.444. The van der Waals surface area contributed by atoms with Crippen LogP contribution in [-0.2, 0) is 13.2 Å². The molecule has 0 bridgehead atoms. The lowest BCUT2D eigenvalue weighted by Gasteiger charge is -2.28. The number of anilines is 3. The van der Waals surface area contributed by atoms with Crippen molar-refractivity contribution < 1.29 is 23.1 Å². The van der Waals surface area contributed by atoms with E-state index in [4.69, 9.17) is 11.5 Å². The van der Waals surface area contributed by atoms with Crippen LogP contribution in [0.2, 0.25) is 0 Å². The van der Waals surface area contributed by atoms with E-state index in [-0.39, 0.29) is 28.8 Å². The van der Waals surface area contributed by atoms with Crippen LogP contribution in [0.3, 0.4) is 0 Å². The molecule has 31 heavy (non-hydrogen) atoms. The van der Waals surface area contributed by atoms with Crippen molar-refractivity contribution in [2.75, 3.05) is 16.8 Å². The van der Waals surface area contributed by atoms with E-state index in [0.717, 1.165) is 30.1 Å². The van der Waals surface area contributed by atoms with E-state index in [0.29, 0.717) is 12.0 Å². The van der Waals surface area contributed by atoms with Gasteiger partial charge in [0.1, 0.15) is 11.4 Å². The third kappa shape index (κ3) is 3.76. The number of hydrogen-bond donors (Lipinski definition) is 4. The van der Waals surface area contributed by atoms with Crippen LogP contribution in [0.5, 0.6) is 0 Å². The number of nitrogens with two attached hydrogens (primary N) is 2. The number of rotatable bonds is 3. The van der Waals surface area contributed by atoms with Crippen LogP contribution in [0.1, 0.15) is 53.2 Å². The second-order valence-electron chi connectivity index (χ2n) is 7.59. The molecule has 0 aromatic carbocycles. The zero-order valence-corrected chi connectivity index (χ0v) is 16.5. The van der Waals surface area contributed by atoms with Gasteiger partial charge in [-0.05, 0) is 12.8 Å². The van der Waals surface area contributed by atoms with Gasteiger partial charge in [-0.3, -0.25) is 9.48 Å². The van der Waals surface area contributed by atoms with Gasteiger partial charge in [-0.2, -0.15) is 18.3 Å². The minimum atomic E-state index is -4.76. The number of aryl methyl sites for hydroxylation is 1. The number of fused-ring (bicyclic) bond motifs is 1. The Morgan fingerprint density at radius 3 is 2.58 bits per heavy atom. The molecule has 1 fully saturated rings. The standard InChI is InChI=1S/C18H21F3N8O2/c1-28-7-10(13(26-28)18(19,20)21)24-17(31)12-15(23)27-29-6-9(14(22)25-16(12)29)8-4-2-3-5-11(8)30/h6-8,11,30H,2-5H2,1H3,(H2,22,25)(H2,23,27)(H,24,31). The normalized spacial score (nSPS) is 19.6. The first-order valence-electron chi connectivity index (χ1n) is 9.60. The summed E-state index contributed by atoms with van der Waals surface area (Å²) < 4.78 is 41.7. The average molecular weight is 438 g/mol. The summed E-state index contributed by atoms with van der Waals surface area (Å²) in [7, 11) is 1.30. The largest absolute Gasteiger partial charge is 0.437 e. The summed E-state index contributed by atoms with van der Waals surface area (Å²) in [5.41, 5.74) is 10.6. The molecule has 3 aromatic heterocycles. The van der Waals surface area contributed by atoms with Gasteiger partial charge in [-0.15, -0.1) is 5.10 Å². The highest BCUT2D eigenvalue weighted by molar-refractivity contribution is 6.11. The Kier molecular flexibility index (Phi) is 5.00. The summed E-state index contributed by atoms with van der Waals surface area (Å²) in [5.74, 6) is -1.27. The maximum Gasteiger partial charge on any atom is 0.437 e. The topological polar surface area (TPSA) is 149 Å². The van der Waals surface area contributed by atoms with Crippen LogP contribution in [0.15, 0.2) is 12.4 Å². The minimum Gasteiger partial charge on any atom is -0.392 e. The molecule has 6 N–H and O–H groups in total. The molecular weight excluding hydrogens is 417 g/mol. The molecule has 0 saturated heterocycles. The average Bonchev–Trinajstić information content (AvgIpc) is 3.20. The Morgan fingerprint density at radius 1 is 1.19 bits per heavy atom. The number of amides is 1. The molecule has 1 amide bonds. The number of carbonyl (C=O) groups is 1. The smallest absolute Gasteiger partial charge is 0.392 e. The van der Waals surface area contributed by atoms with Gasteiger partial charge in [0.25, 0.3) is 5.91 Å². The highest BCUT2D eigenvalue weighted by atomic mass is 19.4. The highest BCUT2D eigenvalue weighted by Crippen LogP contribution is 2.36. The van der Waals surface area contributed by atoms with Gasteiger partial charge < -0.3 is 21.9 Å². The molecule has 2 atom stereocenters. The van der Waals surface area contributed by atoms with Crippen molar-refractivity contribution in [1.82, 2.24) is 24.4 Å². The molecule has 166 valence electrons. The second kappa shape index (κ2) is 7.41. The molecule has 10 nitrogen and oxygen atoms in total. The van der Waals surface area contributed by atoms with Gasteiger partial charge >= 0.3 is 6.18 Å². The summed E-state index contributed by atoms with van der Waals surface area (Å²) in [5, 5.41) is 19.9. The quantitative estimate of drug-likeness (QED) is 0.488. The van der Waals surface area contributed by atoms with Crippen molar-refractivity contribution in [1.29, 1.82) is 0 Å². The summed E-state index contributed by atoms with van der Waals surface area (Å²) in [6.07, 6.45) is 0.476. The first kappa shape index (κ1) is 20.9. The van der Waals surface area contributed by atoms with Crippen LogP contribution >= 0.6 is 0 Å². The van der Waals surface area contributed by atoms with Crippen LogP contribution in [0, 0.1) is 0 Å². The molecule has 13 heteroatoms. The number of halogens is 3. The monoisotopic (exact) mass is 438 g/mol. The first-order valence-corrected chi connectivity index (χ1v) is 9.60. The van der Waals surface area contributed by atoms with Crippen molar-refractivity contribution in [3.63, 3.8) is 0 Å². The van der Waals surface area contributed by atoms with Gasteiger partial charge in [0.2, 0.25) is 0 Å². The molecule has 4 rings (SSSR count). The van der Waals surface area contributed by atoms with Gasteiger partial charge in [0, 0.05) is 30.9 Å². The Bertz CT molecular complexity index is 1150. The SMILES string of the molecule is Cn1cc(NC(=O)c2c(N)nn3cc(C4CCCCC4O)c(N)nc23)c(C(F)(F)F)n1. The van der Waals surface area contributed by atoms with E-state index in [9.17, 15) is 23.1 Å². The van der Waals surface area contributed by atoms with Crippen LogP contribution < -0.4 is 16.8 Å². The number of nitrogens with one attached hydrogen (secondary N) is 1. The summed E-state index contributed by atoms with van der Waals surface area (Å²) in [6.45, 7) is 0. The van der Waals surface area contributed by atoms with Gasteiger partial charge in [-0.25, -0.2) is 9.50 Å². The minimum absolute atomic E-state index is 0.000928. The molecule has 1 saturated carbocycles. The number of aliphatic hydroxyl groups is 1. The highest BCUT2D eigenvalue weighted by Gasteiger charge is 2.38. The maximum atomic E-state index is 13.2. The number of aromatic nitrogens is 5. The van der Waals surface area contributed by atoms with Crippen LogP contribution in [0.4, 0.5) is 30.5 Å². The number of alkyl halides is 3. The second-order valence-corrected chi connectivity index (χ2v) is 7.59. The zero-order chi connectivity index (χ0) is 22.5. The fourth-order valence-electron chi connectivity index (χ4n) is 3.97. The number of carbonyl (C=O) groups excluding carboxylic acids is 1. The van der Waals surface area contributed by atoms with E-state index in [1.807, 2.05) is 0 Å². The Balaban J connectivity index is 1.71. The van der Waals surface area contributed by atoms with Crippen molar-refractivity contribution in [2.24, 2.45) is 7.05 Å². The molecule has 1 aliphatic rings. The van der Waals surface area contributed by atoms with Crippen molar-refractivity contribution >= 4 is 28.9 Å². The predicted octanol–water partition coefficient (Wildman–Crippen LogP) is 1.92. The van der Waals surface area contributed by atoms with Crippen LogP contribution in [0.25, 0.3) is 5.65 Å². The molecular formula is C18H21F3N8O2. The van der Waals surface area contributed by atoms with E-state index in [1.165, 1.54) is 11.6 Å². The van der Waals surface area contributed by atoms with Crippen LogP contribution in [-0.4, -0.2) is 41.5 Å². The maximum absolute atomic E-state index is 13.2. The number of aliphatic hydroxyl groups excluding tert-OH is 1.